The van der Waals surface area contributed by atoms with Crippen LogP contribution in [0.2, 0.25) is 0 Å². The molecule has 0 atom stereocenters. The average molecular weight is 240 g/mol. The monoisotopic (exact) mass is 240 g/mol. The highest BCUT2D eigenvalue weighted by Crippen LogP contribution is 2.40. The van der Waals surface area contributed by atoms with Gasteiger partial charge in [0.25, 0.3) is 0 Å². The van der Waals surface area contributed by atoms with E-state index in [1.807, 2.05) is 13.8 Å². The predicted octanol–water partition coefficient (Wildman–Crippen LogP) is 5.54. The van der Waals surface area contributed by atoms with Crippen molar-refractivity contribution in [2.75, 3.05) is 0 Å². The fourth-order valence-electron chi connectivity index (χ4n) is 2.29. The van der Waals surface area contributed by atoms with Crippen LogP contribution in [0.1, 0.15) is 79.6 Å². The van der Waals surface area contributed by atoms with Gasteiger partial charge < -0.3 is 0 Å². The molecule has 0 radical (unpaired) electrons. The van der Waals surface area contributed by atoms with Gasteiger partial charge in [0.2, 0.25) is 0 Å². The van der Waals surface area contributed by atoms with E-state index in [4.69, 9.17) is 0 Å². The zero-order valence-electron chi connectivity index (χ0n) is 12.6. The third kappa shape index (κ3) is 11.7. The van der Waals surface area contributed by atoms with Crippen LogP contribution < -0.4 is 0 Å². The summed E-state index contributed by atoms with van der Waals surface area (Å²) in [6.07, 6.45) is 10.9. The van der Waals surface area contributed by atoms with Crippen LogP contribution >= 0.6 is 0 Å². The Morgan fingerprint density at radius 1 is 1.29 bits per heavy atom. The minimum atomic E-state index is 0.171. The lowest BCUT2D eigenvalue weighted by Gasteiger charge is -2.21. The van der Waals surface area contributed by atoms with Gasteiger partial charge in [-0.05, 0) is 31.6 Å². The normalized spacial score (nSPS) is 16.1. The second-order valence-corrected chi connectivity index (χ2v) is 4.96. The van der Waals surface area contributed by atoms with E-state index in [0.717, 1.165) is 5.41 Å². The molecular formula is C16H32O. The zero-order chi connectivity index (χ0) is 13.7. The maximum Gasteiger partial charge on any atom is 0.133 e. The van der Waals surface area contributed by atoms with Gasteiger partial charge in [-0.3, -0.25) is 4.79 Å². The van der Waals surface area contributed by atoms with E-state index >= 15 is 0 Å². The van der Waals surface area contributed by atoms with E-state index in [2.05, 4.69) is 20.4 Å². The van der Waals surface area contributed by atoms with Crippen LogP contribution in [-0.4, -0.2) is 5.78 Å². The minimum absolute atomic E-state index is 0.171. The Bertz CT molecular complexity index is 188. The number of carbonyl (C=O) groups is 1. The standard InChI is InChI=1S/C9H18.C5H8O.C2H6/c1-3-6-9(2)7-4-5-8-9;1-3-4-5(2)6;1-2/h3-8H2,1-2H3;3H,1,4H2,2H3;1-2H3. The van der Waals surface area contributed by atoms with Crippen LogP contribution in [0.15, 0.2) is 12.7 Å². The molecule has 0 aromatic rings. The van der Waals surface area contributed by atoms with Crippen molar-refractivity contribution in [3.63, 3.8) is 0 Å². The van der Waals surface area contributed by atoms with Gasteiger partial charge in [-0.1, -0.05) is 53.0 Å². The van der Waals surface area contributed by atoms with E-state index in [9.17, 15) is 4.79 Å². The van der Waals surface area contributed by atoms with E-state index in [-0.39, 0.29) is 5.78 Å². The summed E-state index contributed by atoms with van der Waals surface area (Å²) in [6, 6.07) is 0. The Morgan fingerprint density at radius 3 is 2.00 bits per heavy atom. The number of rotatable bonds is 4. The first-order valence-corrected chi connectivity index (χ1v) is 7.14. The van der Waals surface area contributed by atoms with Gasteiger partial charge in [-0.2, -0.15) is 0 Å². The van der Waals surface area contributed by atoms with Crippen LogP contribution in [0.25, 0.3) is 0 Å². The Hall–Kier alpha value is -0.590. The number of ketones is 1. The molecule has 1 rings (SSSR count). The third-order valence-corrected chi connectivity index (χ3v) is 3.10. The highest BCUT2D eigenvalue weighted by atomic mass is 16.1. The largest absolute Gasteiger partial charge is 0.300 e. The van der Waals surface area contributed by atoms with Crippen LogP contribution in [0.4, 0.5) is 0 Å². The number of hydrogen-bond acceptors (Lipinski definition) is 1. The van der Waals surface area contributed by atoms with E-state index in [1.54, 1.807) is 13.0 Å². The van der Waals surface area contributed by atoms with Gasteiger partial charge in [-0.25, -0.2) is 0 Å². The lowest BCUT2D eigenvalue weighted by Crippen LogP contribution is -2.09. The molecule has 1 aliphatic rings. The number of Topliss-reactive ketones (excluding diaryl/α,β-unsaturated/α-hetero) is 1. The fourth-order valence-corrected chi connectivity index (χ4v) is 2.29. The molecule has 0 heterocycles. The number of hydrogen-bond donors (Lipinski definition) is 0. The maximum atomic E-state index is 9.97. The van der Waals surface area contributed by atoms with Gasteiger partial charge in [0, 0.05) is 6.42 Å². The molecule has 0 aromatic heterocycles. The Balaban J connectivity index is 0. The summed E-state index contributed by atoms with van der Waals surface area (Å²) in [4.78, 5) is 9.97. The van der Waals surface area contributed by atoms with Crippen molar-refractivity contribution in [2.45, 2.75) is 79.6 Å². The van der Waals surface area contributed by atoms with E-state index in [0.29, 0.717) is 6.42 Å². The fraction of sp³-hybridized carbons (Fsp3) is 0.812. The maximum absolute atomic E-state index is 9.97. The third-order valence-electron chi connectivity index (χ3n) is 3.10. The second kappa shape index (κ2) is 11.9. The molecule has 0 aliphatic heterocycles. The van der Waals surface area contributed by atoms with Crippen molar-refractivity contribution in [3.05, 3.63) is 12.7 Å². The second-order valence-electron chi connectivity index (χ2n) is 4.96. The van der Waals surface area contributed by atoms with Crippen molar-refractivity contribution >= 4 is 5.78 Å². The van der Waals surface area contributed by atoms with Crippen LogP contribution in [0, 0.1) is 5.41 Å². The van der Waals surface area contributed by atoms with Crippen LogP contribution in [0.3, 0.4) is 0 Å². The summed E-state index contributed by atoms with van der Waals surface area (Å²) in [5.41, 5.74) is 0.745. The van der Waals surface area contributed by atoms with Gasteiger partial charge >= 0.3 is 0 Å². The first kappa shape index (κ1) is 18.8. The van der Waals surface area contributed by atoms with Crippen LogP contribution in [-0.2, 0) is 4.79 Å². The number of carbonyl (C=O) groups excluding carboxylic acids is 1. The molecule has 1 heteroatoms. The predicted molar refractivity (Wildman–Crippen MR) is 78.3 cm³/mol. The lowest BCUT2D eigenvalue weighted by atomic mass is 9.84. The van der Waals surface area contributed by atoms with E-state index < -0.39 is 0 Å². The van der Waals surface area contributed by atoms with Gasteiger partial charge in [0.1, 0.15) is 5.78 Å². The lowest BCUT2D eigenvalue weighted by molar-refractivity contribution is -0.116. The SMILES string of the molecule is C=CCC(C)=O.CC.CCCC1(C)CCCC1. The molecule has 1 nitrogen and oxygen atoms in total. The van der Waals surface area contributed by atoms with Gasteiger partial charge in [0.05, 0.1) is 0 Å². The topological polar surface area (TPSA) is 17.1 Å². The summed E-state index contributed by atoms with van der Waals surface area (Å²) in [5, 5.41) is 0. The average Bonchev–Trinajstić information content (AvgIpc) is 2.69. The Kier molecular flexibility index (Phi) is 13.1. The van der Waals surface area contributed by atoms with E-state index in [1.165, 1.54) is 38.5 Å². The molecule has 0 N–H and O–H groups in total. The molecule has 0 bridgehead atoms. The van der Waals surface area contributed by atoms with Crippen molar-refractivity contribution in [1.82, 2.24) is 0 Å². The van der Waals surface area contributed by atoms with Crippen molar-refractivity contribution < 1.29 is 4.79 Å². The smallest absolute Gasteiger partial charge is 0.133 e. The number of allylic oxidation sites excluding steroid dienone is 1. The molecule has 0 unspecified atom stereocenters. The first-order chi connectivity index (χ1) is 8.04. The van der Waals surface area contributed by atoms with Crippen molar-refractivity contribution in [1.29, 1.82) is 0 Å². The molecule has 1 saturated carbocycles. The zero-order valence-corrected chi connectivity index (χ0v) is 12.6. The summed E-state index contributed by atoms with van der Waals surface area (Å²) < 4.78 is 0. The Morgan fingerprint density at radius 2 is 1.76 bits per heavy atom. The molecule has 1 aliphatic carbocycles. The van der Waals surface area contributed by atoms with Crippen molar-refractivity contribution in [2.24, 2.45) is 5.41 Å². The molecular weight excluding hydrogens is 208 g/mol. The van der Waals surface area contributed by atoms with Gasteiger partial charge in [-0.15, -0.1) is 6.58 Å². The molecule has 0 amide bonds. The summed E-state index contributed by atoms with van der Waals surface area (Å²) >= 11 is 0. The van der Waals surface area contributed by atoms with Crippen LogP contribution in [0.5, 0.6) is 0 Å². The molecule has 17 heavy (non-hydrogen) atoms. The highest BCUT2D eigenvalue weighted by Gasteiger charge is 2.26. The minimum Gasteiger partial charge on any atom is -0.300 e. The molecule has 0 spiro atoms. The molecule has 102 valence electrons. The molecule has 0 saturated heterocycles. The first-order valence-electron chi connectivity index (χ1n) is 7.14. The summed E-state index contributed by atoms with van der Waals surface area (Å²) in [5.74, 6) is 0.171. The molecule has 0 aromatic carbocycles. The quantitative estimate of drug-likeness (QED) is 0.589. The highest BCUT2D eigenvalue weighted by molar-refractivity contribution is 5.76. The van der Waals surface area contributed by atoms with Crippen molar-refractivity contribution in [3.8, 4) is 0 Å². The molecule has 1 fully saturated rings. The Labute approximate surface area is 109 Å². The van der Waals surface area contributed by atoms with Gasteiger partial charge in [0.15, 0.2) is 0 Å². The summed E-state index contributed by atoms with van der Waals surface area (Å²) in [6.45, 7) is 13.7. The summed E-state index contributed by atoms with van der Waals surface area (Å²) in [7, 11) is 0.